The summed E-state index contributed by atoms with van der Waals surface area (Å²) in [5.74, 6) is -0.774. The molecule has 0 radical (unpaired) electrons. The molecule has 0 spiro atoms. The van der Waals surface area contributed by atoms with E-state index in [1.54, 1.807) is 29.1 Å². The molecule has 0 bridgehead atoms. The van der Waals surface area contributed by atoms with Crippen LogP contribution in [0.3, 0.4) is 0 Å². The number of pyridine rings is 1. The Bertz CT molecular complexity index is 546. The molecule has 1 aliphatic rings. The number of nitrogens with two attached hydrogens (primary N) is 1. The highest BCUT2D eigenvalue weighted by atomic mass is 16.6. The van der Waals surface area contributed by atoms with Crippen LogP contribution in [0.5, 0.6) is 0 Å². The Kier molecular flexibility index (Phi) is 4.57. The molecular formula is C15H21N2O4+. The molecule has 1 fully saturated rings. The third-order valence-corrected chi connectivity index (χ3v) is 3.80. The minimum absolute atomic E-state index is 0.00378. The molecule has 2 N–H and O–H groups in total. The second-order valence-electron chi connectivity index (χ2n) is 5.31. The molecule has 0 aliphatic carbocycles. The molecule has 4 atom stereocenters. The number of amides is 1. The Labute approximate surface area is 123 Å². The number of carbonyl (C=O) groups is 2. The van der Waals surface area contributed by atoms with Crippen LogP contribution in [0.25, 0.3) is 0 Å². The van der Waals surface area contributed by atoms with Gasteiger partial charge in [-0.3, -0.25) is 9.59 Å². The van der Waals surface area contributed by atoms with Crippen molar-refractivity contribution in [1.82, 2.24) is 0 Å². The van der Waals surface area contributed by atoms with Crippen molar-refractivity contribution in [3.05, 3.63) is 30.1 Å². The van der Waals surface area contributed by atoms with Crippen molar-refractivity contribution in [2.75, 3.05) is 0 Å². The Morgan fingerprint density at radius 1 is 1.48 bits per heavy atom. The van der Waals surface area contributed by atoms with Crippen LogP contribution in [0, 0.1) is 5.92 Å². The van der Waals surface area contributed by atoms with Gasteiger partial charge in [-0.1, -0.05) is 13.8 Å². The van der Waals surface area contributed by atoms with Gasteiger partial charge in [0.2, 0.25) is 0 Å². The zero-order valence-corrected chi connectivity index (χ0v) is 12.5. The number of hydrogen-bond acceptors (Lipinski definition) is 4. The first-order valence-electron chi connectivity index (χ1n) is 7.07. The lowest BCUT2D eigenvalue weighted by Crippen LogP contribution is -2.46. The lowest BCUT2D eigenvalue weighted by Gasteiger charge is -2.17. The largest absolute Gasteiger partial charge is 0.452 e. The van der Waals surface area contributed by atoms with Crippen molar-refractivity contribution >= 4 is 11.9 Å². The molecule has 114 valence electrons. The van der Waals surface area contributed by atoms with E-state index in [-0.39, 0.29) is 24.1 Å². The predicted molar refractivity (Wildman–Crippen MR) is 74.1 cm³/mol. The van der Waals surface area contributed by atoms with Gasteiger partial charge in [0, 0.05) is 18.9 Å². The Hall–Kier alpha value is -1.95. The Morgan fingerprint density at radius 2 is 2.19 bits per heavy atom. The molecule has 1 saturated heterocycles. The van der Waals surface area contributed by atoms with E-state index in [9.17, 15) is 9.59 Å². The summed E-state index contributed by atoms with van der Waals surface area (Å²) in [7, 11) is 0. The first-order valence-corrected chi connectivity index (χ1v) is 7.07. The van der Waals surface area contributed by atoms with Gasteiger partial charge in [-0.25, -0.2) is 0 Å². The fourth-order valence-electron chi connectivity index (χ4n) is 2.71. The number of esters is 1. The maximum absolute atomic E-state index is 11.3. The molecule has 1 aliphatic heterocycles. The van der Waals surface area contributed by atoms with Crippen LogP contribution in [-0.4, -0.2) is 24.1 Å². The van der Waals surface area contributed by atoms with E-state index in [4.69, 9.17) is 15.2 Å². The molecule has 2 rings (SSSR count). The number of nitrogens with zero attached hydrogens (tertiary/aromatic N) is 1. The number of primary amides is 1. The first-order chi connectivity index (χ1) is 9.93. The number of aromatic nitrogens is 1. The van der Waals surface area contributed by atoms with E-state index in [1.165, 1.54) is 6.92 Å². The third-order valence-electron chi connectivity index (χ3n) is 3.80. The summed E-state index contributed by atoms with van der Waals surface area (Å²) < 4.78 is 13.1. The zero-order valence-electron chi connectivity index (χ0n) is 12.5. The fourth-order valence-corrected chi connectivity index (χ4v) is 2.71. The third kappa shape index (κ3) is 3.21. The minimum Gasteiger partial charge on any atom is -0.452 e. The standard InChI is InChI=1S/C15H20N2O4/c1-4-12-9(2)13(20-10(3)18)15(21-12)17-7-5-6-11(8-17)14(16)19/h5-9,12-13,15H,4H2,1-3H3,(H-,16,19)/p+1/t9-,12-,13-,15?/m1/s1. The van der Waals surface area contributed by atoms with Crippen molar-refractivity contribution in [3.8, 4) is 0 Å². The van der Waals surface area contributed by atoms with E-state index in [0.29, 0.717) is 5.56 Å². The van der Waals surface area contributed by atoms with Crippen LogP contribution in [0.4, 0.5) is 0 Å². The van der Waals surface area contributed by atoms with Gasteiger partial charge in [-0.15, -0.1) is 0 Å². The second-order valence-corrected chi connectivity index (χ2v) is 5.31. The molecular weight excluding hydrogens is 272 g/mol. The highest BCUT2D eigenvalue weighted by molar-refractivity contribution is 5.92. The van der Waals surface area contributed by atoms with Gasteiger partial charge in [0.15, 0.2) is 18.5 Å². The topological polar surface area (TPSA) is 82.5 Å². The van der Waals surface area contributed by atoms with Gasteiger partial charge in [0.05, 0.1) is 6.10 Å². The van der Waals surface area contributed by atoms with Gasteiger partial charge in [-0.05, 0) is 12.5 Å². The molecule has 6 heteroatoms. The summed E-state index contributed by atoms with van der Waals surface area (Å²) in [4.78, 5) is 22.6. The molecule has 21 heavy (non-hydrogen) atoms. The summed E-state index contributed by atoms with van der Waals surface area (Å²) in [6.07, 6.45) is 3.38. The Balaban J connectivity index is 2.33. The van der Waals surface area contributed by atoms with Crippen LogP contribution < -0.4 is 10.3 Å². The van der Waals surface area contributed by atoms with Crippen molar-refractivity contribution in [1.29, 1.82) is 0 Å². The van der Waals surface area contributed by atoms with Crippen molar-refractivity contribution in [2.45, 2.75) is 45.6 Å². The Morgan fingerprint density at radius 3 is 2.76 bits per heavy atom. The molecule has 2 heterocycles. The van der Waals surface area contributed by atoms with Crippen LogP contribution in [0.1, 0.15) is 43.8 Å². The van der Waals surface area contributed by atoms with Crippen LogP contribution >= 0.6 is 0 Å². The van der Waals surface area contributed by atoms with E-state index in [0.717, 1.165) is 6.42 Å². The summed E-state index contributed by atoms with van der Waals surface area (Å²) in [6.45, 7) is 5.41. The smallest absolute Gasteiger partial charge is 0.303 e. The van der Waals surface area contributed by atoms with Gasteiger partial charge < -0.3 is 15.2 Å². The lowest BCUT2D eigenvalue weighted by atomic mass is 9.98. The SMILES string of the molecule is CC[C@H]1OC([n+]2cccc(C(N)=O)c2)[C@H](OC(C)=O)[C@@H]1C. The van der Waals surface area contributed by atoms with Gasteiger partial charge >= 0.3 is 12.2 Å². The highest BCUT2D eigenvalue weighted by Crippen LogP contribution is 2.34. The molecule has 6 nitrogen and oxygen atoms in total. The van der Waals surface area contributed by atoms with Crippen molar-refractivity contribution < 1.29 is 23.6 Å². The molecule has 1 unspecified atom stereocenters. The highest BCUT2D eigenvalue weighted by Gasteiger charge is 2.48. The zero-order chi connectivity index (χ0) is 15.6. The monoisotopic (exact) mass is 293 g/mol. The van der Waals surface area contributed by atoms with Gasteiger partial charge in [0.25, 0.3) is 5.91 Å². The number of hydrogen-bond donors (Lipinski definition) is 1. The minimum atomic E-state index is -0.508. The fraction of sp³-hybridized carbons (Fsp3) is 0.533. The van der Waals surface area contributed by atoms with Crippen LogP contribution in [-0.2, 0) is 14.3 Å². The van der Waals surface area contributed by atoms with Gasteiger partial charge in [0.1, 0.15) is 5.56 Å². The van der Waals surface area contributed by atoms with E-state index in [2.05, 4.69) is 0 Å². The first kappa shape index (κ1) is 15.4. The number of rotatable bonds is 4. The average Bonchev–Trinajstić information content (AvgIpc) is 2.75. The lowest BCUT2D eigenvalue weighted by molar-refractivity contribution is -0.765. The quantitative estimate of drug-likeness (QED) is 0.662. The van der Waals surface area contributed by atoms with Crippen LogP contribution in [0.15, 0.2) is 24.5 Å². The van der Waals surface area contributed by atoms with Crippen molar-refractivity contribution in [2.24, 2.45) is 11.7 Å². The molecule has 0 saturated carbocycles. The summed E-state index contributed by atoms with van der Waals surface area (Å²) in [5.41, 5.74) is 5.68. The van der Waals surface area contributed by atoms with Crippen molar-refractivity contribution in [3.63, 3.8) is 0 Å². The van der Waals surface area contributed by atoms with E-state index < -0.39 is 12.1 Å². The predicted octanol–water partition coefficient (Wildman–Crippen LogP) is 0.948. The molecule has 0 aromatic carbocycles. The second kappa shape index (κ2) is 6.22. The molecule has 1 aromatic rings. The molecule has 1 amide bonds. The summed E-state index contributed by atoms with van der Waals surface area (Å²) in [5, 5.41) is 0. The average molecular weight is 293 g/mol. The van der Waals surface area contributed by atoms with E-state index in [1.807, 2.05) is 13.8 Å². The van der Waals surface area contributed by atoms with Crippen LogP contribution in [0.2, 0.25) is 0 Å². The maximum atomic E-state index is 11.3. The van der Waals surface area contributed by atoms with Gasteiger partial charge in [-0.2, -0.15) is 4.57 Å². The summed E-state index contributed by atoms with van der Waals surface area (Å²) in [6, 6.07) is 3.35. The molecule has 1 aromatic heterocycles. The summed E-state index contributed by atoms with van der Waals surface area (Å²) >= 11 is 0. The normalized spacial score (nSPS) is 28.3. The number of carbonyl (C=O) groups excluding carboxylic acids is 2. The van der Waals surface area contributed by atoms with E-state index >= 15 is 0 Å². The number of ether oxygens (including phenoxy) is 2. The maximum Gasteiger partial charge on any atom is 0.303 e.